The highest BCUT2D eigenvalue weighted by atomic mass is 16.4. The van der Waals surface area contributed by atoms with E-state index < -0.39 is 12.0 Å². The maximum absolute atomic E-state index is 12.4. The van der Waals surface area contributed by atoms with Crippen molar-refractivity contribution < 1.29 is 14.7 Å². The molecule has 0 spiro atoms. The quantitative estimate of drug-likeness (QED) is 0.801. The van der Waals surface area contributed by atoms with Gasteiger partial charge in [-0.25, -0.2) is 9.59 Å². The summed E-state index contributed by atoms with van der Waals surface area (Å²) < 4.78 is 0. The van der Waals surface area contributed by atoms with Gasteiger partial charge in [-0.05, 0) is 26.7 Å². The van der Waals surface area contributed by atoms with Crippen molar-refractivity contribution in [3.8, 4) is 0 Å². The number of carbonyl (C=O) groups is 2. The third-order valence-electron chi connectivity index (χ3n) is 4.10. The fraction of sp³-hybridized carbons (Fsp3) is 0.846. The van der Waals surface area contributed by atoms with E-state index in [2.05, 4.69) is 18.7 Å². The number of piperazine rings is 1. The van der Waals surface area contributed by atoms with E-state index in [0.717, 1.165) is 19.5 Å². The van der Waals surface area contributed by atoms with Crippen molar-refractivity contribution in [2.45, 2.75) is 38.8 Å². The summed E-state index contributed by atoms with van der Waals surface area (Å²) in [4.78, 5) is 29.1. The zero-order valence-electron chi connectivity index (χ0n) is 11.7. The Labute approximate surface area is 114 Å². The summed E-state index contributed by atoms with van der Waals surface area (Å²) in [5.74, 6) is -0.883. The molecule has 2 heterocycles. The first-order valence-corrected chi connectivity index (χ1v) is 7.03. The maximum Gasteiger partial charge on any atom is 0.326 e. The molecule has 2 fully saturated rings. The Morgan fingerprint density at radius 2 is 1.74 bits per heavy atom. The second kappa shape index (κ2) is 5.77. The smallest absolute Gasteiger partial charge is 0.326 e. The largest absolute Gasteiger partial charge is 0.480 e. The Kier molecular flexibility index (Phi) is 4.29. The molecule has 2 aliphatic rings. The number of likely N-dealkylation sites (tertiary alicyclic amines) is 1. The summed E-state index contributed by atoms with van der Waals surface area (Å²) in [6, 6.07) is -0.236. The van der Waals surface area contributed by atoms with Crippen molar-refractivity contribution in [1.29, 1.82) is 0 Å². The third kappa shape index (κ3) is 3.00. The number of hydrogen-bond donors (Lipinski definition) is 1. The number of urea groups is 1. The van der Waals surface area contributed by atoms with Crippen LogP contribution in [-0.2, 0) is 4.79 Å². The molecular formula is C13H23N3O3. The number of nitrogens with zero attached hydrogens (tertiary/aromatic N) is 3. The molecule has 0 aromatic heterocycles. The second-order valence-electron chi connectivity index (χ2n) is 5.59. The van der Waals surface area contributed by atoms with Crippen LogP contribution >= 0.6 is 0 Å². The minimum absolute atomic E-state index is 0.103. The molecule has 0 bridgehead atoms. The second-order valence-corrected chi connectivity index (χ2v) is 5.59. The zero-order chi connectivity index (χ0) is 14.0. The number of amides is 2. The van der Waals surface area contributed by atoms with Gasteiger partial charge in [-0.15, -0.1) is 0 Å². The van der Waals surface area contributed by atoms with Crippen LogP contribution in [0, 0.1) is 0 Å². The Morgan fingerprint density at radius 3 is 2.26 bits per heavy atom. The predicted octanol–water partition coefficient (Wildman–Crippen LogP) is 0.681. The average molecular weight is 269 g/mol. The zero-order valence-corrected chi connectivity index (χ0v) is 11.7. The fourth-order valence-electron chi connectivity index (χ4n) is 2.86. The molecule has 6 nitrogen and oxygen atoms in total. The molecule has 108 valence electrons. The van der Waals surface area contributed by atoms with Gasteiger partial charge in [-0.3, -0.25) is 4.90 Å². The van der Waals surface area contributed by atoms with Crippen molar-refractivity contribution in [2.24, 2.45) is 0 Å². The SMILES string of the molecule is CC(C)N1CCN(C(=O)N2CCC[C@@H]2C(=O)O)CC1. The standard InChI is InChI=1S/C13H23N3O3/c1-10(2)14-6-8-15(9-7-14)13(19)16-5-3-4-11(16)12(17)18/h10-11H,3-9H2,1-2H3,(H,17,18)/t11-/m1/s1. The van der Waals surface area contributed by atoms with Crippen LogP contribution in [0.25, 0.3) is 0 Å². The lowest BCUT2D eigenvalue weighted by atomic mass is 10.2. The van der Waals surface area contributed by atoms with Gasteiger partial charge < -0.3 is 14.9 Å². The first-order chi connectivity index (χ1) is 9.00. The molecule has 0 aromatic carbocycles. The van der Waals surface area contributed by atoms with Gasteiger partial charge in [0.15, 0.2) is 0 Å². The highest BCUT2D eigenvalue weighted by Gasteiger charge is 2.37. The maximum atomic E-state index is 12.4. The molecule has 1 N–H and O–H groups in total. The molecular weight excluding hydrogens is 246 g/mol. The number of aliphatic carboxylic acids is 1. The van der Waals surface area contributed by atoms with E-state index in [1.807, 2.05) is 0 Å². The van der Waals surface area contributed by atoms with Crippen LogP contribution in [0.4, 0.5) is 4.79 Å². The molecule has 0 aliphatic carbocycles. The summed E-state index contributed by atoms with van der Waals surface area (Å²) in [5, 5.41) is 9.13. The molecule has 19 heavy (non-hydrogen) atoms. The number of carboxylic acids is 1. The molecule has 1 atom stereocenters. The van der Waals surface area contributed by atoms with Crippen molar-refractivity contribution in [3.05, 3.63) is 0 Å². The normalized spacial score (nSPS) is 25.1. The van der Waals surface area contributed by atoms with Crippen LogP contribution < -0.4 is 0 Å². The molecule has 0 aromatic rings. The lowest BCUT2D eigenvalue weighted by molar-refractivity contribution is -0.141. The topological polar surface area (TPSA) is 64.1 Å². The van der Waals surface area contributed by atoms with Crippen LogP contribution in [-0.4, -0.2) is 76.6 Å². The molecule has 2 rings (SSSR count). The Morgan fingerprint density at radius 1 is 1.11 bits per heavy atom. The van der Waals surface area contributed by atoms with Crippen molar-refractivity contribution >= 4 is 12.0 Å². The van der Waals surface area contributed by atoms with Crippen LogP contribution in [0.15, 0.2) is 0 Å². The first kappa shape index (κ1) is 14.1. The summed E-state index contributed by atoms with van der Waals surface area (Å²) in [7, 11) is 0. The van der Waals surface area contributed by atoms with Gasteiger partial charge >= 0.3 is 12.0 Å². The van der Waals surface area contributed by atoms with Gasteiger partial charge in [-0.1, -0.05) is 0 Å². The van der Waals surface area contributed by atoms with Crippen molar-refractivity contribution in [2.75, 3.05) is 32.7 Å². The minimum Gasteiger partial charge on any atom is -0.480 e. The molecule has 2 aliphatic heterocycles. The molecule has 0 radical (unpaired) electrons. The van der Waals surface area contributed by atoms with Crippen LogP contribution in [0.5, 0.6) is 0 Å². The van der Waals surface area contributed by atoms with E-state index in [1.54, 1.807) is 4.90 Å². The first-order valence-electron chi connectivity index (χ1n) is 7.03. The molecule has 2 amide bonds. The van der Waals surface area contributed by atoms with E-state index in [1.165, 1.54) is 4.90 Å². The molecule has 0 unspecified atom stereocenters. The summed E-state index contributed by atoms with van der Waals surface area (Å²) in [6.45, 7) is 8.00. The lowest BCUT2D eigenvalue weighted by Gasteiger charge is -2.39. The van der Waals surface area contributed by atoms with Crippen LogP contribution in [0.3, 0.4) is 0 Å². The van der Waals surface area contributed by atoms with Gasteiger partial charge in [0, 0.05) is 38.8 Å². The summed E-state index contributed by atoms with van der Waals surface area (Å²) in [6.07, 6.45) is 1.36. The van der Waals surface area contributed by atoms with Gasteiger partial charge in [0.1, 0.15) is 6.04 Å². The van der Waals surface area contributed by atoms with Crippen LogP contribution in [0.1, 0.15) is 26.7 Å². The highest BCUT2D eigenvalue weighted by Crippen LogP contribution is 2.20. The number of hydrogen-bond acceptors (Lipinski definition) is 3. The Balaban J connectivity index is 1.92. The van der Waals surface area contributed by atoms with Gasteiger partial charge in [0.05, 0.1) is 0 Å². The molecule has 2 saturated heterocycles. The fourth-order valence-corrected chi connectivity index (χ4v) is 2.86. The molecule has 6 heteroatoms. The minimum atomic E-state index is -0.883. The number of carbonyl (C=O) groups excluding carboxylic acids is 1. The third-order valence-corrected chi connectivity index (χ3v) is 4.10. The average Bonchev–Trinajstić information content (AvgIpc) is 2.87. The molecule has 0 saturated carbocycles. The Hall–Kier alpha value is -1.30. The van der Waals surface area contributed by atoms with Gasteiger partial charge in [0.25, 0.3) is 0 Å². The van der Waals surface area contributed by atoms with E-state index in [-0.39, 0.29) is 6.03 Å². The summed E-state index contributed by atoms with van der Waals surface area (Å²) in [5.41, 5.74) is 0. The number of carboxylic acid groups (broad SMARTS) is 1. The van der Waals surface area contributed by atoms with E-state index >= 15 is 0 Å². The van der Waals surface area contributed by atoms with Crippen LogP contribution in [0.2, 0.25) is 0 Å². The highest BCUT2D eigenvalue weighted by molar-refractivity contribution is 5.83. The van der Waals surface area contributed by atoms with Gasteiger partial charge in [-0.2, -0.15) is 0 Å². The van der Waals surface area contributed by atoms with Gasteiger partial charge in [0.2, 0.25) is 0 Å². The predicted molar refractivity (Wildman–Crippen MR) is 71.0 cm³/mol. The van der Waals surface area contributed by atoms with Crippen molar-refractivity contribution in [3.63, 3.8) is 0 Å². The van der Waals surface area contributed by atoms with E-state index in [9.17, 15) is 9.59 Å². The van der Waals surface area contributed by atoms with Crippen molar-refractivity contribution in [1.82, 2.24) is 14.7 Å². The van der Waals surface area contributed by atoms with E-state index in [0.29, 0.717) is 32.1 Å². The summed E-state index contributed by atoms with van der Waals surface area (Å²) >= 11 is 0. The Bertz CT molecular complexity index is 351. The van der Waals surface area contributed by atoms with E-state index in [4.69, 9.17) is 5.11 Å². The lowest BCUT2D eigenvalue weighted by Crippen LogP contribution is -2.55. The number of rotatable bonds is 2. The monoisotopic (exact) mass is 269 g/mol.